The molecule has 2 aromatic heterocycles. The fraction of sp³-hybridized carbons (Fsp3) is 0.500. The van der Waals surface area contributed by atoms with Crippen LogP contribution in [0.3, 0.4) is 0 Å². The molecule has 5 nitrogen and oxygen atoms in total. The van der Waals surface area contributed by atoms with Gasteiger partial charge in [-0.1, -0.05) is 0 Å². The van der Waals surface area contributed by atoms with Crippen LogP contribution in [0.1, 0.15) is 37.3 Å². The Hall–Kier alpha value is -1.40. The van der Waals surface area contributed by atoms with Crippen molar-refractivity contribution in [1.82, 2.24) is 20.1 Å². The van der Waals surface area contributed by atoms with Crippen molar-refractivity contribution in [3.05, 3.63) is 28.5 Å². The number of nitrogens with zero attached hydrogens (tertiary/aromatic N) is 3. The van der Waals surface area contributed by atoms with Crippen LogP contribution in [-0.2, 0) is 0 Å². The molecule has 0 spiro atoms. The Kier molecular flexibility index (Phi) is 3.98. The number of nitrogens with one attached hydrogen (secondary N) is 1. The summed E-state index contributed by atoms with van der Waals surface area (Å²) in [5.41, 5.74) is 3.84. The molecule has 1 N–H and O–H groups in total. The van der Waals surface area contributed by atoms with Gasteiger partial charge in [0, 0.05) is 11.4 Å². The molecule has 0 aliphatic heterocycles. The molecule has 2 heterocycles. The van der Waals surface area contributed by atoms with Gasteiger partial charge in [-0.05, 0) is 20.9 Å². The van der Waals surface area contributed by atoms with Gasteiger partial charge in [-0.15, -0.1) is 11.3 Å². The second-order valence-electron chi connectivity index (χ2n) is 4.27. The summed E-state index contributed by atoms with van der Waals surface area (Å²) in [5, 5.41) is 9.71. The van der Waals surface area contributed by atoms with Crippen molar-refractivity contribution in [3.63, 3.8) is 0 Å². The third-order valence-corrected chi connectivity index (χ3v) is 3.42. The van der Waals surface area contributed by atoms with Gasteiger partial charge < -0.3 is 10.1 Å². The maximum atomic E-state index is 5.41. The summed E-state index contributed by atoms with van der Waals surface area (Å²) in [7, 11) is 3.58. The fourth-order valence-corrected chi connectivity index (χ4v) is 2.57. The smallest absolute Gasteiger partial charge is 0.162 e. The van der Waals surface area contributed by atoms with E-state index in [1.807, 2.05) is 22.6 Å². The number of aromatic nitrogens is 3. The lowest BCUT2D eigenvalue weighted by molar-refractivity contribution is 0.395. The summed E-state index contributed by atoms with van der Waals surface area (Å²) in [4.78, 5) is 4.38. The van der Waals surface area contributed by atoms with Crippen molar-refractivity contribution in [1.29, 1.82) is 0 Å². The molecule has 18 heavy (non-hydrogen) atoms. The van der Waals surface area contributed by atoms with Gasteiger partial charge in [0.05, 0.1) is 30.6 Å². The molecule has 0 aliphatic rings. The highest BCUT2D eigenvalue weighted by atomic mass is 32.1. The topological polar surface area (TPSA) is 52.0 Å². The van der Waals surface area contributed by atoms with Gasteiger partial charge >= 0.3 is 0 Å². The molecule has 0 amide bonds. The van der Waals surface area contributed by atoms with E-state index >= 15 is 0 Å². The summed E-state index contributed by atoms with van der Waals surface area (Å²) < 4.78 is 7.38. The van der Waals surface area contributed by atoms with E-state index in [9.17, 15) is 0 Å². The van der Waals surface area contributed by atoms with Gasteiger partial charge in [-0.3, -0.25) is 4.68 Å². The molecule has 0 fully saturated rings. The highest BCUT2D eigenvalue weighted by Gasteiger charge is 2.24. The highest BCUT2D eigenvalue weighted by molar-refractivity contribution is 7.07. The monoisotopic (exact) mass is 266 g/mol. The number of thiazole rings is 1. The molecule has 2 aromatic rings. The average Bonchev–Trinajstić information content (AvgIpc) is 2.99. The van der Waals surface area contributed by atoms with E-state index in [1.165, 1.54) is 0 Å². The van der Waals surface area contributed by atoms with Crippen molar-refractivity contribution < 1.29 is 4.74 Å². The maximum Gasteiger partial charge on any atom is 0.162 e. The first-order valence-corrected chi connectivity index (χ1v) is 6.80. The van der Waals surface area contributed by atoms with E-state index < -0.39 is 0 Å². The SMILES string of the molecule is CNC(c1cscn1)c1c(OC)cnn1C(C)C. The van der Waals surface area contributed by atoms with Crippen LogP contribution in [0.25, 0.3) is 0 Å². The molecule has 0 aromatic carbocycles. The number of methoxy groups -OCH3 is 1. The Morgan fingerprint density at radius 1 is 1.44 bits per heavy atom. The first kappa shape index (κ1) is 13.0. The Labute approximate surface area is 111 Å². The molecule has 0 radical (unpaired) electrons. The van der Waals surface area contributed by atoms with E-state index in [2.05, 4.69) is 29.2 Å². The third-order valence-electron chi connectivity index (χ3n) is 2.82. The molecule has 0 bridgehead atoms. The van der Waals surface area contributed by atoms with Crippen LogP contribution < -0.4 is 10.1 Å². The van der Waals surface area contributed by atoms with Gasteiger partial charge in [-0.25, -0.2) is 4.98 Å². The molecule has 1 atom stereocenters. The van der Waals surface area contributed by atoms with Crippen molar-refractivity contribution in [2.45, 2.75) is 25.9 Å². The zero-order chi connectivity index (χ0) is 13.1. The predicted octanol–water partition coefficient (Wildman–Crippen LogP) is 2.24. The summed E-state index contributed by atoms with van der Waals surface area (Å²) in [6, 6.07) is 0.273. The van der Waals surface area contributed by atoms with E-state index in [1.54, 1.807) is 24.6 Å². The minimum atomic E-state index is -0.00361. The van der Waals surface area contributed by atoms with Crippen LogP contribution in [0.15, 0.2) is 17.1 Å². The van der Waals surface area contributed by atoms with Crippen molar-refractivity contribution in [2.24, 2.45) is 0 Å². The van der Waals surface area contributed by atoms with Gasteiger partial charge in [0.2, 0.25) is 0 Å². The highest BCUT2D eigenvalue weighted by Crippen LogP contribution is 2.31. The van der Waals surface area contributed by atoms with Crippen LogP contribution in [0.4, 0.5) is 0 Å². The largest absolute Gasteiger partial charge is 0.493 e. The van der Waals surface area contributed by atoms with Crippen molar-refractivity contribution in [2.75, 3.05) is 14.2 Å². The number of rotatable bonds is 5. The molecule has 0 saturated carbocycles. The molecule has 98 valence electrons. The van der Waals surface area contributed by atoms with E-state index in [0.717, 1.165) is 17.1 Å². The molecule has 0 saturated heterocycles. The molecule has 1 unspecified atom stereocenters. The fourth-order valence-electron chi connectivity index (χ4n) is 1.99. The van der Waals surface area contributed by atoms with Crippen LogP contribution in [-0.4, -0.2) is 28.9 Å². The zero-order valence-electron chi connectivity index (χ0n) is 11.0. The van der Waals surface area contributed by atoms with Gasteiger partial charge in [0.15, 0.2) is 5.75 Å². The summed E-state index contributed by atoms with van der Waals surface area (Å²) in [6.45, 7) is 4.20. The second-order valence-corrected chi connectivity index (χ2v) is 4.99. The Balaban J connectivity index is 2.50. The molecule has 2 rings (SSSR count). The minimum absolute atomic E-state index is 0.00361. The molecular formula is C12H18N4OS. The summed E-state index contributed by atoms with van der Waals surface area (Å²) in [5.74, 6) is 0.788. The lowest BCUT2D eigenvalue weighted by Crippen LogP contribution is -2.23. The third kappa shape index (κ3) is 2.26. The normalized spacial score (nSPS) is 12.9. The van der Waals surface area contributed by atoms with Crippen molar-refractivity contribution >= 4 is 11.3 Å². The molecule has 0 aliphatic carbocycles. The van der Waals surface area contributed by atoms with Crippen LogP contribution in [0.2, 0.25) is 0 Å². The maximum absolute atomic E-state index is 5.41. The average molecular weight is 266 g/mol. The molecular weight excluding hydrogens is 248 g/mol. The summed E-state index contributed by atoms with van der Waals surface area (Å²) in [6.07, 6.45) is 1.76. The Bertz CT molecular complexity index is 492. The van der Waals surface area contributed by atoms with Gasteiger partial charge in [0.1, 0.15) is 5.69 Å². The molecule has 6 heteroatoms. The Morgan fingerprint density at radius 2 is 2.22 bits per heavy atom. The van der Waals surface area contributed by atoms with Crippen LogP contribution in [0, 0.1) is 0 Å². The summed E-state index contributed by atoms with van der Waals surface area (Å²) >= 11 is 1.59. The second kappa shape index (κ2) is 5.49. The van der Waals surface area contributed by atoms with Crippen LogP contribution in [0.5, 0.6) is 5.75 Å². The van der Waals surface area contributed by atoms with E-state index in [-0.39, 0.29) is 12.1 Å². The van der Waals surface area contributed by atoms with Gasteiger partial charge in [0.25, 0.3) is 0 Å². The number of hydrogen-bond acceptors (Lipinski definition) is 5. The quantitative estimate of drug-likeness (QED) is 0.901. The predicted molar refractivity (Wildman–Crippen MR) is 72.2 cm³/mol. The zero-order valence-corrected chi connectivity index (χ0v) is 11.9. The lowest BCUT2D eigenvalue weighted by Gasteiger charge is -2.19. The first-order chi connectivity index (χ1) is 8.69. The van der Waals surface area contributed by atoms with E-state index in [4.69, 9.17) is 4.74 Å². The van der Waals surface area contributed by atoms with Crippen LogP contribution >= 0.6 is 11.3 Å². The van der Waals surface area contributed by atoms with Crippen molar-refractivity contribution in [3.8, 4) is 5.75 Å². The van der Waals surface area contributed by atoms with Gasteiger partial charge in [-0.2, -0.15) is 5.10 Å². The van der Waals surface area contributed by atoms with E-state index in [0.29, 0.717) is 0 Å². The Morgan fingerprint density at radius 3 is 2.72 bits per heavy atom. The minimum Gasteiger partial charge on any atom is -0.493 e. The number of ether oxygens (including phenoxy) is 1. The number of hydrogen-bond donors (Lipinski definition) is 1. The first-order valence-electron chi connectivity index (χ1n) is 5.85. The lowest BCUT2D eigenvalue weighted by atomic mass is 10.1. The standard InChI is InChI=1S/C12H18N4OS/c1-8(2)16-12(10(17-4)5-15-16)11(13-3)9-6-18-7-14-9/h5-8,11,13H,1-4H3.